The molecule has 2 atom stereocenters. The monoisotopic (exact) mass is 457 g/mol. The lowest BCUT2D eigenvalue weighted by Gasteiger charge is -2.20. The smallest absolute Gasteiger partial charge is 0.331 e. The van der Waals surface area contributed by atoms with E-state index in [1.807, 2.05) is 0 Å². The van der Waals surface area contributed by atoms with Gasteiger partial charge in [-0.15, -0.1) is 0 Å². The Morgan fingerprint density at radius 2 is 1.71 bits per heavy atom. The molecule has 0 amide bonds. The number of aliphatic hydroxyl groups excluding tert-OH is 3. The van der Waals surface area contributed by atoms with Crippen LogP contribution in [0.1, 0.15) is 29.6 Å². The molecule has 0 radical (unpaired) electrons. The van der Waals surface area contributed by atoms with Gasteiger partial charge in [-0.25, -0.2) is 0 Å². The molecule has 174 valence electrons. The maximum absolute atomic E-state index is 11.9. The van der Waals surface area contributed by atoms with Crippen molar-refractivity contribution in [3.63, 3.8) is 0 Å². The summed E-state index contributed by atoms with van der Waals surface area (Å²) in [4.78, 5) is 0. The molecule has 1 aliphatic heterocycles. The number of alkyl halides is 1. The zero-order chi connectivity index (χ0) is 22.1. The summed E-state index contributed by atoms with van der Waals surface area (Å²) in [5.74, 6) is -0.452. The van der Waals surface area contributed by atoms with Gasteiger partial charge >= 0.3 is 15.2 Å². The second-order valence-corrected chi connectivity index (χ2v) is 9.62. The minimum atomic E-state index is -3.13. The van der Waals surface area contributed by atoms with Crippen molar-refractivity contribution in [1.82, 2.24) is 0 Å². The quantitative estimate of drug-likeness (QED) is 0.401. The lowest BCUT2D eigenvalue weighted by molar-refractivity contribution is 0.150. The van der Waals surface area contributed by atoms with E-state index in [1.54, 1.807) is 20.8 Å². The van der Waals surface area contributed by atoms with Crippen molar-refractivity contribution < 1.29 is 48.3 Å². The third kappa shape index (κ3) is 14.1. The molecule has 1 fully saturated rings. The van der Waals surface area contributed by atoms with Crippen LogP contribution in [-0.4, -0.2) is 81.0 Å². The van der Waals surface area contributed by atoms with Gasteiger partial charge in [-0.1, -0.05) is 7.43 Å². The molecule has 0 aromatic heterocycles. The van der Waals surface area contributed by atoms with Gasteiger partial charge in [-0.3, -0.25) is 13.5 Å². The van der Waals surface area contributed by atoms with Crippen LogP contribution in [0.5, 0.6) is 0 Å². The Morgan fingerprint density at radius 3 is 2.04 bits per heavy atom. The van der Waals surface area contributed by atoms with Crippen LogP contribution in [0.25, 0.3) is 0 Å². The molecular formula is C16H39FO9P2. The van der Waals surface area contributed by atoms with E-state index in [0.717, 1.165) is 0 Å². The second kappa shape index (κ2) is 19.1. The fourth-order valence-corrected chi connectivity index (χ4v) is 5.97. The largest absolute Gasteiger partial charge is 0.396 e. The van der Waals surface area contributed by atoms with Crippen LogP contribution in [-0.2, 0) is 27.2 Å². The third-order valence-electron chi connectivity index (χ3n) is 3.22. The Morgan fingerprint density at radius 1 is 1.21 bits per heavy atom. The van der Waals surface area contributed by atoms with Crippen molar-refractivity contribution in [2.24, 2.45) is 11.8 Å². The molecule has 2 unspecified atom stereocenters. The molecule has 0 aromatic rings. The Labute approximate surface area is 170 Å². The standard InChI is InChI=1S/C8H19O5P.C6H13O4P.CH3F.CH4/c1-3-12-14(11,13-4-2)7-8(5-9)6-10;1-2-9-11(8)5-6(3-7)4-10-11;1-2;/h8-10H,3-7H2,1-2H3;6-7H,2-5H2,1H3;1H3;1H4/i;;1D;. The van der Waals surface area contributed by atoms with E-state index >= 15 is 0 Å². The Kier molecular flexibility index (Phi) is 20.7. The zero-order valence-electron chi connectivity index (χ0n) is 17.3. The molecule has 1 rings (SSSR count). The molecule has 12 heteroatoms. The first kappa shape index (κ1) is 30.3. The van der Waals surface area contributed by atoms with Gasteiger partial charge < -0.3 is 33.4 Å². The Balaban J connectivity index is -0.000000404. The highest BCUT2D eigenvalue weighted by molar-refractivity contribution is 7.54. The summed E-state index contributed by atoms with van der Waals surface area (Å²) in [6.45, 7) is 6.13. The molecule has 0 aromatic carbocycles. The fourth-order valence-electron chi connectivity index (χ4n) is 2.06. The number of hydrogen-bond acceptors (Lipinski definition) is 9. The molecule has 0 spiro atoms. The molecule has 1 aliphatic rings. The number of halogens is 1. The summed E-state index contributed by atoms with van der Waals surface area (Å²) in [6.07, 6.45) is 0.416. The van der Waals surface area contributed by atoms with E-state index in [2.05, 4.69) is 0 Å². The van der Waals surface area contributed by atoms with E-state index in [4.69, 9.17) is 34.8 Å². The lowest BCUT2D eigenvalue weighted by Crippen LogP contribution is -2.17. The highest BCUT2D eigenvalue weighted by Gasteiger charge is 2.35. The van der Waals surface area contributed by atoms with E-state index in [9.17, 15) is 13.5 Å². The first-order valence-corrected chi connectivity index (χ1v) is 12.1. The average Bonchev–Trinajstić information content (AvgIpc) is 3.03. The van der Waals surface area contributed by atoms with E-state index in [1.165, 1.54) is 0 Å². The van der Waals surface area contributed by atoms with Crippen molar-refractivity contribution in [2.45, 2.75) is 28.2 Å². The SMILES string of the molecule is C.CCOP(=O)(CC(CO)CO)OCC.CCOP1(=O)CC(CO)CO1.[2H]CF. The van der Waals surface area contributed by atoms with E-state index < -0.39 is 28.3 Å². The van der Waals surface area contributed by atoms with Crippen molar-refractivity contribution in [1.29, 1.82) is 0 Å². The van der Waals surface area contributed by atoms with Crippen LogP contribution in [0.4, 0.5) is 4.39 Å². The average molecular weight is 457 g/mol. The van der Waals surface area contributed by atoms with Gasteiger partial charge in [-0.2, -0.15) is 0 Å². The molecule has 9 nitrogen and oxygen atoms in total. The topological polar surface area (TPSA) is 132 Å². The Bertz CT molecular complexity index is 446. The molecule has 0 bridgehead atoms. The summed E-state index contributed by atoms with van der Waals surface area (Å²) < 4.78 is 58.7. The summed E-state index contributed by atoms with van der Waals surface area (Å²) in [5, 5.41) is 26.4. The minimum Gasteiger partial charge on any atom is -0.396 e. The second-order valence-electron chi connectivity index (χ2n) is 5.42. The van der Waals surface area contributed by atoms with Gasteiger partial charge in [0.2, 0.25) is 0 Å². The van der Waals surface area contributed by atoms with Gasteiger partial charge in [0, 0.05) is 31.7 Å². The maximum Gasteiger partial charge on any atom is 0.331 e. The van der Waals surface area contributed by atoms with Crippen LogP contribution in [0.15, 0.2) is 0 Å². The number of rotatable bonds is 11. The fraction of sp³-hybridized carbons (Fsp3) is 1.00. The molecule has 0 saturated carbocycles. The van der Waals surface area contributed by atoms with Crippen LogP contribution in [0.2, 0.25) is 0 Å². The first-order chi connectivity index (χ1) is 13.2. The van der Waals surface area contributed by atoms with Crippen molar-refractivity contribution in [3.8, 4) is 0 Å². The molecular weight excluding hydrogens is 417 g/mol. The highest BCUT2D eigenvalue weighted by atomic mass is 31.2. The van der Waals surface area contributed by atoms with Gasteiger partial charge in [0.1, 0.15) is 0 Å². The summed E-state index contributed by atoms with van der Waals surface area (Å²) in [7, 11) is -6.93. The van der Waals surface area contributed by atoms with Crippen molar-refractivity contribution in [3.05, 3.63) is 0 Å². The van der Waals surface area contributed by atoms with Gasteiger partial charge in [0.15, 0.2) is 0 Å². The van der Waals surface area contributed by atoms with E-state index in [0.29, 0.717) is 32.6 Å². The van der Waals surface area contributed by atoms with Crippen LogP contribution in [0.3, 0.4) is 0 Å². The van der Waals surface area contributed by atoms with Gasteiger partial charge in [0.25, 0.3) is 0 Å². The normalized spacial score (nSPS) is 21.7. The predicted octanol–water partition coefficient (Wildman–Crippen LogP) is 2.93. The summed E-state index contributed by atoms with van der Waals surface area (Å²) in [6, 6.07) is 0. The number of aliphatic hydroxyl groups is 3. The summed E-state index contributed by atoms with van der Waals surface area (Å²) in [5.41, 5.74) is 0. The van der Waals surface area contributed by atoms with Crippen molar-refractivity contribution >= 4 is 15.2 Å². The molecule has 1 saturated heterocycles. The first-order valence-electron chi connectivity index (χ1n) is 9.38. The molecule has 28 heavy (non-hydrogen) atoms. The highest BCUT2D eigenvalue weighted by Crippen LogP contribution is 2.54. The summed E-state index contributed by atoms with van der Waals surface area (Å²) >= 11 is 0. The van der Waals surface area contributed by atoms with Gasteiger partial charge in [0.05, 0.1) is 47.3 Å². The van der Waals surface area contributed by atoms with E-state index in [-0.39, 0.29) is 39.3 Å². The lowest BCUT2D eigenvalue weighted by atomic mass is 10.2. The maximum atomic E-state index is 11.9. The van der Waals surface area contributed by atoms with Crippen LogP contribution < -0.4 is 0 Å². The molecule has 0 aliphatic carbocycles. The predicted molar refractivity (Wildman–Crippen MR) is 108 cm³/mol. The zero-order valence-corrected chi connectivity index (χ0v) is 18.1. The van der Waals surface area contributed by atoms with Crippen LogP contribution in [0, 0.1) is 11.8 Å². The van der Waals surface area contributed by atoms with Gasteiger partial charge in [-0.05, 0) is 20.8 Å². The molecule has 3 N–H and O–H groups in total. The van der Waals surface area contributed by atoms with Crippen LogP contribution >= 0.6 is 15.2 Å². The Hall–Kier alpha value is 0.110. The minimum absolute atomic E-state index is 0. The third-order valence-corrected chi connectivity index (χ3v) is 7.65. The number of hydrogen-bond donors (Lipinski definition) is 3. The van der Waals surface area contributed by atoms with Crippen molar-refractivity contribution in [2.75, 3.05) is 65.7 Å². The molecule has 1 heterocycles.